The molecule has 0 heterocycles. The lowest BCUT2D eigenvalue weighted by Crippen LogP contribution is -2.27. The molecule has 1 aliphatic carbocycles. The summed E-state index contributed by atoms with van der Waals surface area (Å²) in [5.41, 5.74) is -0.608. The van der Waals surface area contributed by atoms with Gasteiger partial charge in [0.1, 0.15) is 6.61 Å². The van der Waals surface area contributed by atoms with Crippen LogP contribution in [0.3, 0.4) is 0 Å². The van der Waals surface area contributed by atoms with Crippen molar-refractivity contribution in [3.8, 4) is 0 Å². The Labute approximate surface area is 66.0 Å². The summed E-state index contributed by atoms with van der Waals surface area (Å²) in [5.74, 6) is -0.264. The average Bonchev–Trinajstić information content (AvgIpc) is 2.80. The molecule has 3 nitrogen and oxygen atoms in total. The molecule has 0 bridgehead atoms. The Balaban J connectivity index is 2.35. The van der Waals surface area contributed by atoms with Crippen LogP contribution in [0.15, 0.2) is 12.7 Å². The normalized spacial score (nSPS) is 19.0. The number of carbonyl (C=O) groups is 1. The topological polar surface area (TPSA) is 35.5 Å². The third-order valence-corrected chi connectivity index (χ3v) is 1.80. The van der Waals surface area contributed by atoms with Crippen LogP contribution in [0.25, 0.3) is 0 Å². The monoisotopic (exact) mass is 156 g/mol. The first kappa shape index (κ1) is 8.27. The van der Waals surface area contributed by atoms with E-state index >= 15 is 0 Å². The van der Waals surface area contributed by atoms with Crippen molar-refractivity contribution in [1.82, 2.24) is 0 Å². The molecule has 0 amide bonds. The predicted octanol–water partition coefficient (Wildman–Crippen LogP) is 0.895. The van der Waals surface area contributed by atoms with Gasteiger partial charge in [-0.2, -0.15) is 0 Å². The molecule has 1 fully saturated rings. The summed E-state index contributed by atoms with van der Waals surface area (Å²) >= 11 is 0. The van der Waals surface area contributed by atoms with Crippen LogP contribution in [0.1, 0.15) is 12.8 Å². The van der Waals surface area contributed by atoms with Gasteiger partial charge in [0.05, 0.1) is 0 Å². The van der Waals surface area contributed by atoms with E-state index < -0.39 is 5.60 Å². The highest BCUT2D eigenvalue weighted by Gasteiger charge is 2.52. The Morgan fingerprint density at radius 2 is 2.36 bits per heavy atom. The predicted molar refractivity (Wildman–Crippen MR) is 40.1 cm³/mol. The second-order valence-electron chi connectivity index (χ2n) is 2.59. The molecule has 0 aromatic heterocycles. The van der Waals surface area contributed by atoms with Gasteiger partial charge in [-0.05, 0) is 12.8 Å². The molecule has 1 rings (SSSR count). The van der Waals surface area contributed by atoms with E-state index in [-0.39, 0.29) is 12.6 Å². The van der Waals surface area contributed by atoms with Crippen LogP contribution in [-0.2, 0) is 14.3 Å². The van der Waals surface area contributed by atoms with Crippen molar-refractivity contribution in [3.63, 3.8) is 0 Å². The molecule has 3 heteroatoms. The van der Waals surface area contributed by atoms with Gasteiger partial charge in [-0.25, -0.2) is 4.79 Å². The van der Waals surface area contributed by atoms with Crippen LogP contribution in [0, 0.1) is 0 Å². The van der Waals surface area contributed by atoms with E-state index in [1.807, 2.05) is 0 Å². The van der Waals surface area contributed by atoms with Crippen molar-refractivity contribution in [2.75, 3.05) is 13.7 Å². The maximum absolute atomic E-state index is 11.1. The first-order chi connectivity index (χ1) is 5.25. The second-order valence-corrected chi connectivity index (χ2v) is 2.59. The van der Waals surface area contributed by atoms with Crippen molar-refractivity contribution >= 4 is 5.97 Å². The molecule has 0 aliphatic heterocycles. The maximum Gasteiger partial charge on any atom is 0.338 e. The van der Waals surface area contributed by atoms with Gasteiger partial charge in [0, 0.05) is 7.11 Å². The quantitative estimate of drug-likeness (QED) is 0.448. The van der Waals surface area contributed by atoms with Gasteiger partial charge in [0.2, 0.25) is 0 Å². The van der Waals surface area contributed by atoms with Crippen molar-refractivity contribution in [2.24, 2.45) is 0 Å². The molecule has 62 valence electrons. The molecular formula is C8H12O3. The van der Waals surface area contributed by atoms with Crippen molar-refractivity contribution in [3.05, 3.63) is 12.7 Å². The summed E-state index contributed by atoms with van der Waals surface area (Å²) in [6, 6.07) is 0. The molecule has 1 aliphatic rings. The first-order valence-electron chi connectivity index (χ1n) is 3.58. The van der Waals surface area contributed by atoms with Gasteiger partial charge >= 0.3 is 5.97 Å². The molecule has 0 saturated heterocycles. The van der Waals surface area contributed by atoms with Crippen LogP contribution >= 0.6 is 0 Å². The fraction of sp³-hybridized carbons (Fsp3) is 0.625. The summed E-state index contributed by atoms with van der Waals surface area (Å²) in [6.07, 6.45) is 3.10. The van der Waals surface area contributed by atoms with Crippen molar-refractivity contribution in [2.45, 2.75) is 18.4 Å². The van der Waals surface area contributed by atoms with Crippen LogP contribution in [0.2, 0.25) is 0 Å². The van der Waals surface area contributed by atoms with Crippen LogP contribution < -0.4 is 0 Å². The highest BCUT2D eigenvalue weighted by Crippen LogP contribution is 2.39. The van der Waals surface area contributed by atoms with E-state index in [1.165, 1.54) is 7.11 Å². The van der Waals surface area contributed by atoms with Crippen LogP contribution in [0.4, 0.5) is 0 Å². The third-order valence-electron chi connectivity index (χ3n) is 1.80. The highest BCUT2D eigenvalue weighted by molar-refractivity contribution is 5.82. The Morgan fingerprint density at radius 1 is 1.73 bits per heavy atom. The minimum absolute atomic E-state index is 0.264. The van der Waals surface area contributed by atoms with Crippen molar-refractivity contribution < 1.29 is 14.3 Å². The van der Waals surface area contributed by atoms with Gasteiger partial charge in [0.15, 0.2) is 5.60 Å². The summed E-state index contributed by atoms with van der Waals surface area (Å²) in [4.78, 5) is 11.1. The molecule has 1 saturated carbocycles. The summed E-state index contributed by atoms with van der Waals surface area (Å²) in [5, 5.41) is 0. The lowest BCUT2D eigenvalue weighted by Gasteiger charge is -2.10. The van der Waals surface area contributed by atoms with Crippen LogP contribution in [0.5, 0.6) is 0 Å². The minimum atomic E-state index is -0.608. The van der Waals surface area contributed by atoms with Gasteiger partial charge in [0.25, 0.3) is 0 Å². The van der Waals surface area contributed by atoms with Gasteiger partial charge in [-0.3, -0.25) is 0 Å². The highest BCUT2D eigenvalue weighted by atomic mass is 16.6. The van der Waals surface area contributed by atoms with E-state index in [0.717, 1.165) is 12.8 Å². The Bertz CT molecular complexity index is 170. The number of rotatable bonds is 4. The van der Waals surface area contributed by atoms with Gasteiger partial charge in [-0.1, -0.05) is 12.7 Å². The summed E-state index contributed by atoms with van der Waals surface area (Å²) in [7, 11) is 1.53. The van der Waals surface area contributed by atoms with E-state index in [1.54, 1.807) is 6.08 Å². The molecule has 0 radical (unpaired) electrons. The van der Waals surface area contributed by atoms with E-state index in [0.29, 0.717) is 0 Å². The zero-order valence-electron chi connectivity index (χ0n) is 6.63. The average molecular weight is 156 g/mol. The fourth-order valence-corrected chi connectivity index (χ4v) is 0.871. The lowest BCUT2D eigenvalue weighted by atomic mass is 10.3. The molecular weight excluding hydrogens is 144 g/mol. The fourth-order valence-electron chi connectivity index (χ4n) is 0.871. The summed E-state index contributed by atoms with van der Waals surface area (Å²) < 4.78 is 9.83. The molecule has 0 N–H and O–H groups in total. The molecule has 0 aromatic carbocycles. The van der Waals surface area contributed by atoms with Gasteiger partial charge < -0.3 is 9.47 Å². The van der Waals surface area contributed by atoms with E-state index in [9.17, 15) is 4.79 Å². The number of ether oxygens (including phenoxy) is 2. The number of hydrogen-bond donors (Lipinski definition) is 0. The maximum atomic E-state index is 11.1. The molecule has 0 aromatic rings. The SMILES string of the molecule is C=CCOC(=O)C1(OC)CC1. The number of esters is 1. The minimum Gasteiger partial charge on any atom is -0.459 e. The summed E-state index contributed by atoms with van der Waals surface area (Å²) in [6.45, 7) is 3.71. The Morgan fingerprint density at radius 3 is 2.73 bits per heavy atom. The smallest absolute Gasteiger partial charge is 0.338 e. The molecule has 11 heavy (non-hydrogen) atoms. The zero-order valence-corrected chi connectivity index (χ0v) is 6.63. The first-order valence-corrected chi connectivity index (χ1v) is 3.58. The largest absolute Gasteiger partial charge is 0.459 e. The number of methoxy groups -OCH3 is 1. The Kier molecular flexibility index (Phi) is 2.29. The molecule has 0 atom stereocenters. The number of hydrogen-bond acceptors (Lipinski definition) is 3. The third kappa shape index (κ3) is 1.60. The second kappa shape index (κ2) is 3.05. The Hall–Kier alpha value is -0.830. The van der Waals surface area contributed by atoms with Crippen molar-refractivity contribution in [1.29, 1.82) is 0 Å². The zero-order chi connectivity index (χ0) is 8.32. The van der Waals surface area contributed by atoms with E-state index in [4.69, 9.17) is 9.47 Å². The lowest BCUT2D eigenvalue weighted by molar-refractivity contribution is -0.156. The van der Waals surface area contributed by atoms with Gasteiger partial charge in [-0.15, -0.1) is 0 Å². The molecule has 0 spiro atoms. The molecule has 0 unspecified atom stereocenters. The standard InChI is InChI=1S/C8H12O3/c1-3-6-11-7(9)8(10-2)4-5-8/h3H,1,4-6H2,2H3. The number of carbonyl (C=O) groups excluding carboxylic acids is 1. The van der Waals surface area contributed by atoms with Crippen LogP contribution in [-0.4, -0.2) is 25.3 Å². The van der Waals surface area contributed by atoms with E-state index in [2.05, 4.69) is 6.58 Å².